The fraction of sp³-hybridized carbons (Fsp3) is 0.750. The Kier molecular flexibility index (Phi) is 6.52. The number of ether oxygens (including phenoxy) is 1. The van der Waals surface area contributed by atoms with Crippen LogP contribution in [0, 0.1) is 11.8 Å². The Hall–Kier alpha value is -1.89. The molecule has 0 spiro atoms. The lowest BCUT2D eigenvalue weighted by atomic mass is 9.86. The molecular weight excluding hydrogens is 344 g/mol. The summed E-state index contributed by atoms with van der Waals surface area (Å²) in [5.74, 6) is 1.32. The van der Waals surface area contributed by atoms with E-state index >= 15 is 0 Å². The van der Waals surface area contributed by atoms with Crippen LogP contribution < -0.4 is 15.8 Å². The second-order valence-electron chi connectivity index (χ2n) is 8.11. The van der Waals surface area contributed by atoms with Gasteiger partial charge in [0.15, 0.2) is 0 Å². The van der Waals surface area contributed by atoms with Gasteiger partial charge in [0, 0.05) is 32.2 Å². The van der Waals surface area contributed by atoms with Crippen LogP contribution in [0.1, 0.15) is 64.1 Å². The summed E-state index contributed by atoms with van der Waals surface area (Å²) < 4.78 is 5.42. The highest BCUT2D eigenvalue weighted by Gasteiger charge is 2.28. The van der Waals surface area contributed by atoms with Gasteiger partial charge in [-0.1, -0.05) is 13.3 Å². The average molecular weight is 377 g/mol. The van der Waals surface area contributed by atoms with Gasteiger partial charge in [-0.15, -0.1) is 0 Å². The number of hydrogen-bond donors (Lipinski definition) is 2. The molecule has 2 aliphatic rings. The third-order valence-corrected chi connectivity index (χ3v) is 5.96. The molecule has 0 aromatic carbocycles. The number of H-pyrrole nitrogens is 1. The van der Waals surface area contributed by atoms with Crippen LogP contribution in [0.4, 0.5) is 5.95 Å². The number of carbonyl (C=O) groups excluding carboxylic acids is 1. The van der Waals surface area contributed by atoms with Gasteiger partial charge in [-0.2, -0.15) is 0 Å². The molecule has 0 bridgehead atoms. The van der Waals surface area contributed by atoms with Crippen LogP contribution in [0.5, 0.6) is 0 Å². The molecule has 3 atom stereocenters. The molecule has 150 valence electrons. The van der Waals surface area contributed by atoms with Crippen molar-refractivity contribution in [3.05, 3.63) is 22.1 Å². The number of amides is 1. The number of hydrogen-bond acceptors (Lipinski definition) is 5. The molecule has 0 radical (unpaired) electrons. The van der Waals surface area contributed by atoms with Crippen LogP contribution in [-0.4, -0.2) is 42.2 Å². The third-order valence-electron chi connectivity index (χ3n) is 5.96. The first kappa shape index (κ1) is 19.9. The summed E-state index contributed by atoms with van der Waals surface area (Å²) in [6.45, 7) is 5.93. The lowest BCUT2D eigenvalue weighted by Crippen LogP contribution is -2.38. The molecule has 3 unspecified atom stereocenters. The summed E-state index contributed by atoms with van der Waals surface area (Å²) in [5, 5.41) is 3.05. The van der Waals surface area contributed by atoms with Gasteiger partial charge < -0.3 is 15.0 Å². The minimum atomic E-state index is -0.301. The second kappa shape index (κ2) is 8.87. The number of nitrogens with zero attached hydrogens (tertiary/aromatic N) is 2. The molecule has 3 rings (SSSR count). The van der Waals surface area contributed by atoms with Gasteiger partial charge in [0.2, 0.25) is 11.9 Å². The molecule has 27 heavy (non-hydrogen) atoms. The largest absolute Gasteiger partial charge is 0.381 e. The van der Waals surface area contributed by atoms with E-state index in [2.05, 4.69) is 27.1 Å². The average Bonchev–Trinajstić information content (AvgIpc) is 2.68. The van der Waals surface area contributed by atoms with E-state index in [0.29, 0.717) is 17.6 Å². The molecule has 1 saturated heterocycles. The van der Waals surface area contributed by atoms with Crippen LogP contribution in [-0.2, 0) is 9.53 Å². The molecule has 2 fully saturated rings. The predicted molar refractivity (Wildman–Crippen MR) is 105 cm³/mol. The Bertz CT molecular complexity index is 697. The Morgan fingerprint density at radius 3 is 2.78 bits per heavy atom. The lowest BCUT2D eigenvalue weighted by molar-refractivity contribution is -0.128. The van der Waals surface area contributed by atoms with Crippen LogP contribution in [0.15, 0.2) is 10.9 Å². The molecule has 1 amide bonds. The number of piperidine rings is 1. The maximum absolute atomic E-state index is 12.7. The topological polar surface area (TPSA) is 87.3 Å². The van der Waals surface area contributed by atoms with E-state index in [1.54, 1.807) is 7.11 Å². The molecule has 2 N–H and O–H groups in total. The van der Waals surface area contributed by atoms with Gasteiger partial charge in [-0.3, -0.25) is 14.6 Å². The Labute approximate surface area is 160 Å². The normalized spacial score (nSPS) is 25.2. The zero-order chi connectivity index (χ0) is 19.4. The first-order valence-corrected chi connectivity index (χ1v) is 10.2. The number of rotatable bonds is 5. The highest BCUT2D eigenvalue weighted by molar-refractivity contribution is 5.79. The number of anilines is 1. The van der Waals surface area contributed by atoms with Gasteiger partial charge in [0.05, 0.1) is 17.8 Å². The number of methoxy groups -OCH3 is 1. The van der Waals surface area contributed by atoms with E-state index in [1.807, 2.05) is 6.92 Å². The summed E-state index contributed by atoms with van der Waals surface area (Å²) >= 11 is 0. The number of aromatic amines is 1. The van der Waals surface area contributed by atoms with E-state index < -0.39 is 0 Å². The fourth-order valence-corrected chi connectivity index (χ4v) is 4.06. The first-order chi connectivity index (χ1) is 13.0. The van der Waals surface area contributed by atoms with Crippen molar-refractivity contribution in [1.29, 1.82) is 0 Å². The van der Waals surface area contributed by atoms with Crippen LogP contribution in [0.2, 0.25) is 0 Å². The Balaban J connectivity index is 1.66. The lowest BCUT2D eigenvalue weighted by Gasteiger charge is -2.31. The van der Waals surface area contributed by atoms with Crippen molar-refractivity contribution in [1.82, 2.24) is 15.3 Å². The minimum Gasteiger partial charge on any atom is -0.381 e. The van der Waals surface area contributed by atoms with Gasteiger partial charge in [-0.25, -0.2) is 4.98 Å². The monoisotopic (exact) mass is 376 g/mol. The summed E-state index contributed by atoms with van der Waals surface area (Å²) in [4.78, 5) is 34.4. The Morgan fingerprint density at radius 1 is 1.33 bits per heavy atom. The summed E-state index contributed by atoms with van der Waals surface area (Å²) in [7, 11) is 1.70. The van der Waals surface area contributed by atoms with Crippen molar-refractivity contribution in [3.63, 3.8) is 0 Å². The van der Waals surface area contributed by atoms with Gasteiger partial charge in [0.25, 0.3) is 5.56 Å². The summed E-state index contributed by atoms with van der Waals surface area (Å²) in [5.41, 5.74) is 0.437. The minimum absolute atomic E-state index is 0.0275. The summed E-state index contributed by atoms with van der Waals surface area (Å²) in [6.07, 6.45) is 6.03. The van der Waals surface area contributed by atoms with Crippen molar-refractivity contribution >= 4 is 11.9 Å². The maximum Gasteiger partial charge on any atom is 0.252 e. The van der Waals surface area contributed by atoms with E-state index in [1.165, 1.54) is 6.07 Å². The molecule has 2 heterocycles. The van der Waals surface area contributed by atoms with Crippen molar-refractivity contribution in [3.8, 4) is 0 Å². The van der Waals surface area contributed by atoms with Gasteiger partial charge in [0.1, 0.15) is 0 Å². The zero-order valence-corrected chi connectivity index (χ0v) is 16.7. The second-order valence-corrected chi connectivity index (χ2v) is 8.11. The van der Waals surface area contributed by atoms with Gasteiger partial charge in [-0.05, 0) is 44.9 Å². The molecular formula is C20H32N4O3. The smallest absolute Gasteiger partial charge is 0.252 e. The highest BCUT2D eigenvalue weighted by Crippen LogP contribution is 2.27. The van der Waals surface area contributed by atoms with Crippen LogP contribution in [0.3, 0.4) is 0 Å². The molecule has 7 heteroatoms. The standard InChI is InChI=1S/C20H32N4O3/c1-13-7-9-24(10-8-13)20-22-17(12-18(25)23-20)14(2)21-19(26)15-5-4-6-16(11-15)27-3/h12-16H,4-11H2,1-3H3,(H,21,26)(H,22,23,25). The fourth-order valence-electron chi connectivity index (χ4n) is 4.06. The molecule has 7 nitrogen and oxygen atoms in total. The van der Waals surface area contributed by atoms with Crippen LogP contribution in [0.25, 0.3) is 0 Å². The first-order valence-electron chi connectivity index (χ1n) is 10.2. The molecule has 1 aromatic heterocycles. The number of aromatic nitrogens is 2. The highest BCUT2D eigenvalue weighted by atomic mass is 16.5. The van der Waals surface area contributed by atoms with Crippen molar-refractivity contribution in [2.24, 2.45) is 11.8 Å². The molecule has 1 aliphatic carbocycles. The SMILES string of the molecule is COC1CCCC(C(=O)NC(C)c2cc(=O)[nH]c(N3CCC(C)CC3)n2)C1. The Morgan fingerprint density at radius 2 is 2.07 bits per heavy atom. The van der Waals surface area contributed by atoms with Crippen LogP contribution >= 0.6 is 0 Å². The zero-order valence-electron chi connectivity index (χ0n) is 16.7. The van der Waals surface area contributed by atoms with E-state index in [0.717, 1.165) is 51.6 Å². The van der Waals surface area contributed by atoms with E-state index in [4.69, 9.17) is 4.74 Å². The van der Waals surface area contributed by atoms with E-state index in [-0.39, 0.29) is 29.5 Å². The molecule has 1 aliphatic heterocycles. The number of nitrogens with one attached hydrogen (secondary N) is 2. The van der Waals surface area contributed by atoms with E-state index in [9.17, 15) is 9.59 Å². The van der Waals surface area contributed by atoms with Crippen molar-refractivity contribution < 1.29 is 9.53 Å². The van der Waals surface area contributed by atoms with Crippen molar-refractivity contribution in [2.45, 2.75) is 64.5 Å². The van der Waals surface area contributed by atoms with Gasteiger partial charge >= 0.3 is 0 Å². The number of carbonyl (C=O) groups is 1. The van der Waals surface area contributed by atoms with Crippen molar-refractivity contribution in [2.75, 3.05) is 25.1 Å². The molecule has 1 saturated carbocycles. The predicted octanol–water partition coefficient (Wildman–Crippen LogP) is 2.39. The maximum atomic E-state index is 12.7. The quantitative estimate of drug-likeness (QED) is 0.824. The third kappa shape index (κ3) is 5.09. The molecule has 1 aromatic rings. The summed E-state index contributed by atoms with van der Waals surface area (Å²) in [6, 6.07) is 1.19.